The fourth-order valence-corrected chi connectivity index (χ4v) is 1.73. The maximum absolute atomic E-state index is 5.90. The Morgan fingerprint density at radius 2 is 1.75 bits per heavy atom. The summed E-state index contributed by atoms with van der Waals surface area (Å²) in [6.45, 7) is 1.11. The number of anilines is 4. The van der Waals surface area contributed by atoms with Crippen LogP contribution < -0.4 is 21.5 Å². The lowest BCUT2D eigenvalue weighted by atomic mass is 10.2. The predicted octanol–water partition coefficient (Wildman–Crippen LogP) is 2.62. The zero-order valence-electron chi connectivity index (χ0n) is 11.4. The summed E-state index contributed by atoms with van der Waals surface area (Å²) in [7, 11) is 1.65. The lowest BCUT2D eigenvalue weighted by molar-refractivity contribution is 0.146. The van der Waals surface area contributed by atoms with Gasteiger partial charge in [-0.25, -0.2) is 0 Å². The number of nitrogen functional groups attached to an aromatic ring is 2. The van der Waals surface area contributed by atoms with Crippen molar-refractivity contribution in [3.63, 3.8) is 0 Å². The molecule has 20 heavy (non-hydrogen) atoms. The number of hydrogen-bond donors (Lipinski definition) is 3. The highest BCUT2D eigenvalue weighted by molar-refractivity contribution is 5.75. The molecule has 0 saturated heterocycles. The first-order chi connectivity index (χ1) is 9.69. The van der Waals surface area contributed by atoms with Gasteiger partial charge in [0.15, 0.2) is 0 Å². The molecule has 0 unspecified atom stereocenters. The fraction of sp³-hybridized carbons (Fsp3) is 0.200. The third-order valence-electron chi connectivity index (χ3n) is 2.77. The van der Waals surface area contributed by atoms with Gasteiger partial charge in [0.1, 0.15) is 12.4 Å². The van der Waals surface area contributed by atoms with Crippen LogP contribution in [0.2, 0.25) is 0 Å². The molecule has 0 atom stereocenters. The minimum atomic E-state index is 0.536. The smallest absolute Gasteiger partial charge is 0.119 e. The summed E-state index contributed by atoms with van der Waals surface area (Å²) in [5.41, 5.74) is 14.6. The van der Waals surface area contributed by atoms with Crippen molar-refractivity contribution in [2.45, 2.75) is 0 Å². The standard InChI is InChI=1S/C15H19N3O2/c1-19-8-9-20-13-5-3-12(4-6-13)18-15-7-2-11(16)10-14(15)17/h2-7,10,18H,8-9,16-17H2,1H3. The molecule has 0 fully saturated rings. The number of hydrogen-bond acceptors (Lipinski definition) is 5. The van der Waals surface area contributed by atoms with Crippen LogP contribution in [0.1, 0.15) is 0 Å². The van der Waals surface area contributed by atoms with Gasteiger partial charge in [0.2, 0.25) is 0 Å². The van der Waals surface area contributed by atoms with E-state index in [4.69, 9.17) is 20.9 Å². The first-order valence-electron chi connectivity index (χ1n) is 6.33. The number of ether oxygens (including phenoxy) is 2. The minimum absolute atomic E-state index is 0.536. The minimum Gasteiger partial charge on any atom is -0.491 e. The van der Waals surface area contributed by atoms with Gasteiger partial charge in [-0.15, -0.1) is 0 Å². The molecule has 0 spiro atoms. The van der Waals surface area contributed by atoms with Crippen LogP contribution in [0.25, 0.3) is 0 Å². The van der Waals surface area contributed by atoms with Crippen molar-refractivity contribution < 1.29 is 9.47 Å². The largest absolute Gasteiger partial charge is 0.491 e. The second kappa shape index (κ2) is 6.68. The van der Waals surface area contributed by atoms with Gasteiger partial charge >= 0.3 is 0 Å². The van der Waals surface area contributed by atoms with E-state index in [0.29, 0.717) is 24.6 Å². The van der Waals surface area contributed by atoms with Crippen LogP contribution in [0.15, 0.2) is 42.5 Å². The molecule has 5 heteroatoms. The Morgan fingerprint density at radius 1 is 1.00 bits per heavy atom. The molecule has 0 aliphatic rings. The Bertz CT molecular complexity index is 556. The third kappa shape index (κ3) is 3.80. The topological polar surface area (TPSA) is 82.5 Å². The van der Waals surface area contributed by atoms with E-state index in [1.54, 1.807) is 19.2 Å². The van der Waals surface area contributed by atoms with Crippen LogP contribution >= 0.6 is 0 Å². The summed E-state index contributed by atoms with van der Waals surface area (Å²) < 4.78 is 10.4. The fourth-order valence-electron chi connectivity index (χ4n) is 1.73. The van der Waals surface area contributed by atoms with Gasteiger partial charge in [-0.2, -0.15) is 0 Å². The van der Waals surface area contributed by atoms with E-state index in [1.807, 2.05) is 30.3 Å². The van der Waals surface area contributed by atoms with E-state index in [-0.39, 0.29) is 0 Å². The molecular formula is C15H19N3O2. The molecule has 0 aliphatic carbocycles. The molecule has 2 aromatic rings. The molecule has 2 aromatic carbocycles. The van der Waals surface area contributed by atoms with E-state index in [2.05, 4.69) is 5.32 Å². The van der Waals surface area contributed by atoms with E-state index >= 15 is 0 Å². The Kier molecular flexibility index (Phi) is 4.68. The molecule has 0 saturated carbocycles. The molecule has 0 aliphatic heterocycles. The predicted molar refractivity (Wildman–Crippen MR) is 82.4 cm³/mol. The summed E-state index contributed by atoms with van der Waals surface area (Å²) in [6, 6.07) is 13.0. The molecule has 0 aromatic heterocycles. The number of benzene rings is 2. The van der Waals surface area contributed by atoms with Crippen LogP contribution in [0.3, 0.4) is 0 Å². The molecule has 5 N–H and O–H groups in total. The van der Waals surface area contributed by atoms with Gasteiger partial charge < -0.3 is 26.3 Å². The van der Waals surface area contributed by atoms with Crippen LogP contribution in [0, 0.1) is 0 Å². The summed E-state index contributed by atoms with van der Waals surface area (Å²) in [5.74, 6) is 0.804. The van der Waals surface area contributed by atoms with Gasteiger partial charge in [-0.3, -0.25) is 0 Å². The summed E-state index contributed by atoms with van der Waals surface area (Å²) in [4.78, 5) is 0. The van der Waals surface area contributed by atoms with Crippen LogP contribution in [0.4, 0.5) is 22.7 Å². The molecule has 106 valence electrons. The van der Waals surface area contributed by atoms with E-state index in [1.165, 1.54) is 0 Å². The van der Waals surface area contributed by atoms with E-state index in [9.17, 15) is 0 Å². The van der Waals surface area contributed by atoms with Crippen LogP contribution in [0.5, 0.6) is 5.75 Å². The first kappa shape index (κ1) is 14.0. The molecule has 0 radical (unpaired) electrons. The highest BCUT2D eigenvalue weighted by atomic mass is 16.5. The van der Waals surface area contributed by atoms with Crippen molar-refractivity contribution in [3.05, 3.63) is 42.5 Å². The molecular weight excluding hydrogens is 254 g/mol. The van der Waals surface area contributed by atoms with E-state index in [0.717, 1.165) is 17.1 Å². The Hall–Kier alpha value is -2.40. The SMILES string of the molecule is COCCOc1ccc(Nc2ccc(N)cc2N)cc1. The number of methoxy groups -OCH3 is 1. The number of nitrogens with one attached hydrogen (secondary N) is 1. The monoisotopic (exact) mass is 273 g/mol. The number of rotatable bonds is 6. The third-order valence-corrected chi connectivity index (χ3v) is 2.77. The maximum atomic E-state index is 5.90. The van der Waals surface area contributed by atoms with Gasteiger partial charge in [0, 0.05) is 18.5 Å². The molecule has 0 bridgehead atoms. The van der Waals surface area contributed by atoms with Crippen molar-refractivity contribution in [3.8, 4) is 5.75 Å². The Morgan fingerprint density at radius 3 is 2.40 bits per heavy atom. The van der Waals surface area contributed by atoms with Crippen LogP contribution in [-0.2, 0) is 4.74 Å². The molecule has 0 heterocycles. The summed E-state index contributed by atoms with van der Waals surface area (Å²) in [6.07, 6.45) is 0. The highest BCUT2D eigenvalue weighted by Crippen LogP contribution is 2.26. The van der Waals surface area contributed by atoms with Gasteiger partial charge in [-0.1, -0.05) is 0 Å². The zero-order chi connectivity index (χ0) is 14.4. The van der Waals surface area contributed by atoms with Gasteiger partial charge in [0.25, 0.3) is 0 Å². The lowest BCUT2D eigenvalue weighted by Crippen LogP contribution is -2.04. The number of nitrogens with two attached hydrogens (primary N) is 2. The highest BCUT2D eigenvalue weighted by Gasteiger charge is 2.01. The van der Waals surface area contributed by atoms with Crippen molar-refractivity contribution in [1.82, 2.24) is 0 Å². The van der Waals surface area contributed by atoms with E-state index < -0.39 is 0 Å². The average molecular weight is 273 g/mol. The lowest BCUT2D eigenvalue weighted by Gasteiger charge is -2.11. The quantitative estimate of drug-likeness (QED) is 0.556. The van der Waals surface area contributed by atoms with Crippen molar-refractivity contribution in [1.29, 1.82) is 0 Å². The van der Waals surface area contributed by atoms with Crippen molar-refractivity contribution >= 4 is 22.7 Å². The summed E-state index contributed by atoms with van der Waals surface area (Å²) >= 11 is 0. The second-order valence-electron chi connectivity index (χ2n) is 4.34. The first-order valence-corrected chi connectivity index (χ1v) is 6.33. The summed E-state index contributed by atoms with van der Waals surface area (Å²) in [5, 5.41) is 3.23. The maximum Gasteiger partial charge on any atom is 0.119 e. The zero-order valence-corrected chi connectivity index (χ0v) is 11.4. The molecule has 0 amide bonds. The Labute approximate surface area is 118 Å². The normalized spacial score (nSPS) is 10.2. The van der Waals surface area contributed by atoms with Gasteiger partial charge in [-0.05, 0) is 42.5 Å². The van der Waals surface area contributed by atoms with Crippen molar-refractivity contribution in [2.24, 2.45) is 0 Å². The van der Waals surface area contributed by atoms with Crippen molar-refractivity contribution in [2.75, 3.05) is 37.1 Å². The molecule has 2 rings (SSSR count). The average Bonchev–Trinajstić information content (AvgIpc) is 2.44. The van der Waals surface area contributed by atoms with Gasteiger partial charge in [0.05, 0.1) is 18.0 Å². The Balaban J connectivity index is 1.99. The second-order valence-corrected chi connectivity index (χ2v) is 4.34. The van der Waals surface area contributed by atoms with Crippen LogP contribution in [-0.4, -0.2) is 20.3 Å². The molecule has 5 nitrogen and oxygen atoms in total.